The summed E-state index contributed by atoms with van der Waals surface area (Å²) in [6.07, 6.45) is 0. The fraction of sp³-hybridized carbons (Fsp3) is 0.385. The molecule has 0 saturated heterocycles. The van der Waals surface area contributed by atoms with Crippen molar-refractivity contribution in [3.63, 3.8) is 0 Å². The molecule has 1 rings (SSSR count). The van der Waals surface area contributed by atoms with E-state index in [1.165, 1.54) is 39.3 Å². The van der Waals surface area contributed by atoms with Crippen molar-refractivity contribution in [1.29, 1.82) is 0 Å². The summed E-state index contributed by atoms with van der Waals surface area (Å²) in [4.78, 5) is 23.3. The third-order valence-electron chi connectivity index (χ3n) is 2.71. The summed E-state index contributed by atoms with van der Waals surface area (Å²) in [7, 11) is 2.79. The Bertz CT molecular complexity index is 519. The lowest BCUT2D eigenvalue weighted by atomic mass is 10.0. The normalized spacial score (nSPS) is 13.4. The molecule has 0 heterocycles. The standard InChI is InChI=1S/C13H16ClNO5/c1-13(7-19-2,12(17)18)15-11(16)8-4-5-9(14)10(6-8)20-3/h4-6H,7H2,1-3H3,(H,15,16)(H,17,18). The molecule has 1 aromatic carbocycles. The molecule has 0 aliphatic rings. The van der Waals surface area contributed by atoms with Gasteiger partial charge in [-0.1, -0.05) is 11.6 Å². The Morgan fingerprint density at radius 1 is 1.40 bits per heavy atom. The molecule has 1 aromatic rings. The third kappa shape index (κ3) is 3.61. The van der Waals surface area contributed by atoms with E-state index in [1.807, 2.05) is 0 Å². The van der Waals surface area contributed by atoms with Gasteiger partial charge in [-0.15, -0.1) is 0 Å². The van der Waals surface area contributed by atoms with Crippen LogP contribution in [0.1, 0.15) is 17.3 Å². The topological polar surface area (TPSA) is 84.9 Å². The van der Waals surface area contributed by atoms with Crippen molar-refractivity contribution in [2.75, 3.05) is 20.8 Å². The van der Waals surface area contributed by atoms with Crippen LogP contribution in [0.4, 0.5) is 0 Å². The average Bonchev–Trinajstić information content (AvgIpc) is 2.39. The first-order valence-electron chi connectivity index (χ1n) is 5.72. The maximum atomic E-state index is 12.1. The molecule has 2 N–H and O–H groups in total. The van der Waals surface area contributed by atoms with E-state index < -0.39 is 17.4 Å². The molecular formula is C13H16ClNO5. The summed E-state index contributed by atoms with van der Waals surface area (Å²) in [6.45, 7) is 1.21. The highest BCUT2D eigenvalue weighted by Gasteiger charge is 2.35. The van der Waals surface area contributed by atoms with Gasteiger partial charge in [0, 0.05) is 12.7 Å². The minimum Gasteiger partial charge on any atom is -0.495 e. The number of aliphatic carboxylic acids is 1. The molecule has 1 atom stereocenters. The number of hydrogen-bond donors (Lipinski definition) is 2. The number of rotatable bonds is 6. The number of carbonyl (C=O) groups excluding carboxylic acids is 1. The van der Waals surface area contributed by atoms with Crippen molar-refractivity contribution in [3.8, 4) is 5.75 Å². The average molecular weight is 302 g/mol. The van der Waals surface area contributed by atoms with Gasteiger partial charge in [-0.25, -0.2) is 4.79 Å². The number of halogens is 1. The summed E-state index contributed by atoms with van der Waals surface area (Å²) in [6, 6.07) is 4.42. The van der Waals surface area contributed by atoms with E-state index in [0.717, 1.165) is 0 Å². The highest BCUT2D eigenvalue weighted by atomic mass is 35.5. The Hall–Kier alpha value is -1.79. The number of hydrogen-bond acceptors (Lipinski definition) is 4. The molecule has 0 spiro atoms. The lowest BCUT2D eigenvalue weighted by Crippen LogP contribution is -2.55. The van der Waals surface area contributed by atoms with Crippen LogP contribution < -0.4 is 10.1 Å². The van der Waals surface area contributed by atoms with Gasteiger partial charge in [0.1, 0.15) is 5.75 Å². The first-order valence-corrected chi connectivity index (χ1v) is 6.10. The molecule has 0 aromatic heterocycles. The van der Waals surface area contributed by atoms with Crippen LogP contribution in [0, 0.1) is 0 Å². The number of carboxylic acid groups (broad SMARTS) is 1. The highest BCUT2D eigenvalue weighted by molar-refractivity contribution is 6.32. The van der Waals surface area contributed by atoms with Crippen molar-refractivity contribution >= 4 is 23.5 Å². The van der Waals surface area contributed by atoms with Gasteiger partial charge in [0.2, 0.25) is 0 Å². The maximum Gasteiger partial charge on any atom is 0.331 e. The van der Waals surface area contributed by atoms with Gasteiger partial charge in [0.15, 0.2) is 5.54 Å². The number of carboxylic acids is 1. The van der Waals surface area contributed by atoms with Crippen LogP contribution in [0.3, 0.4) is 0 Å². The summed E-state index contributed by atoms with van der Waals surface area (Å²) in [5.41, 5.74) is -1.27. The number of carbonyl (C=O) groups is 2. The smallest absolute Gasteiger partial charge is 0.331 e. The Balaban J connectivity index is 2.98. The molecule has 0 saturated carbocycles. The number of benzene rings is 1. The van der Waals surface area contributed by atoms with Crippen molar-refractivity contribution in [3.05, 3.63) is 28.8 Å². The fourth-order valence-corrected chi connectivity index (χ4v) is 1.76. The number of amides is 1. The monoisotopic (exact) mass is 301 g/mol. The Morgan fingerprint density at radius 2 is 2.05 bits per heavy atom. The molecule has 0 radical (unpaired) electrons. The molecule has 6 nitrogen and oxygen atoms in total. The van der Waals surface area contributed by atoms with Crippen molar-refractivity contribution in [2.45, 2.75) is 12.5 Å². The molecule has 20 heavy (non-hydrogen) atoms. The van der Waals surface area contributed by atoms with Crippen LogP contribution in [0.5, 0.6) is 5.75 Å². The van der Waals surface area contributed by atoms with Crippen molar-refractivity contribution in [2.24, 2.45) is 0 Å². The van der Waals surface area contributed by atoms with Crippen molar-refractivity contribution in [1.82, 2.24) is 5.32 Å². The number of nitrogens with one attached hydrogen (secondary N) is 1. The Morgan fingerprint density at radius 3 is 2.55 bits per heavy atom. The highest BCUT2D eigenvalue weighted by Crippen LogP contribution is 2.25. The number of ether oxygens (including phenoxy) is 2. The second kappa shape index (κ2) is 6.58. The Kier molecular flexibility index (Phi) is 5.35. The molecule has 1 amide bonds. The first-order chi connectivity index (χ1) is 9.34. The van der Waals surface area contributed by atoms with Gasteiger partial charge in [0.05, 0.1) is 18.7 Å². The zero-order chi connectivity index (χ0) is 15.3. The van der Waals surface area contributed by atoms with Crippen LogP contribution in [0.2, 0.25) is 5.02 Å². The van der Waals surface area contributed by atoms with Crippen LogP contribution in [-0.2, 0) is 9.53 Å². The SMILES string of the molecule is COCC(C)(NC(=O)c1ccc(Cl)c(OC)c1)C(=O)O. The second-order valence-corrected chi connectivity index (χ2v) is 4.78. The predicted molar refractivity (Wildman–Crippen MR) is 73.4 cm³/mol. The van der Waals surface area contributed by atoms with E-state index >= 15 is 0 Å². The van der Waals surface area contributed by atoms with Gasteiger partial charge in [-0.2, -0.15) is 0 Å². The quantitative estimate of drug-likeness (QED) is 0.833. The second-order valence-electron chi connectivity index (χ2n) is 4.37. The molecular weight excluding hydrogens is 286 g/mol. The predicted octanol–water partition coefficient (Wildman–Crippen LogP) is 1.57. The minimum atomic E-state index is -1.52. The van der Waals surface area contributed by atoms with Crippen molar-refractivity contribution < 1.29 is 24.2 Å². The van der Waals surface area contributed by atoms with Gasteiger partial charge in [-0.3, -0.25) is 4.79 Å². The van der Waals surface area contributed by atoms with Crippen LogP contribution in [0.15, 0.2) is 18.2 Å². The molecule has 110 valence electrons. The van der Waals surface area contributed by atoms with E-state index in [0.29, 0.717) is 10.8 Å². The molecule has 0 bridgehead atoms. The van der Waals surface area contributed by atoms with E-state index in [9.17, 15) is 9.59 Å². The maximum absolute atomic E-state index is 12.1. The summed E-state index contributed by atoms with van der Waals surface area (Å²) < 4.78 is 9.84. The van der Waals surface area contributed by atoms with E-state index in [1.54, 1.807) is 0 Å². The lowest BCUT2D eigenvalue weighted by molar-refractivity contribution is -0.145. The Labute approximate surface area is 121 Å². The van der Waals surface area contributed by atoms with E-state index in [4.69, 9.17) is 26.2 Å². The van der Waals surface area contributed by atoms with Crippen LogP contribution in [-0.4, -0.2) is 43.3 Å². The van der Waals surface area contributed by atoms with Crippen LogP contribution >= 0.6 is 11.6 Å². The fourth-order valence-electron chi connectivity index (χ4n) is 1.56. The summed E-state index contributed by atoms with van der Waals surface area (Å²) in [5.74, 6) is -1.40. The lowest BCUT2D eigenvalue weighted by Gasteiger charge is -2.25. The number of methoxy groups -OCH3 is 2. The summed E-state index contributed by atoms with van der Waals surface area (Å²) >= 11 is 5.86. The first kappa shape index (κ1) is 16.3. The van der Waals surface area contributed by atoms with E-state index in [-0.39, 0.29) is 12.2 Å². The zero-order valence-corrected chi connectivity index (χ0v) is 12.2. The molecule has 7 heteroatoms. The van der Waals surface area contributed by atoms with Gasteiger partial charge >= 0.3 is 5.97 Å². The zero-order valence-electron chi connectivity index (χ0n) is 11.4. The third-order valence-corrected chi connectivity index (χ3v) is 3.02. The van der Waals surface area contributed by atoms with Crippen LogP contribution in [0.25, 0.3) is 0 Å². The van der Waals surface area contributed by atoms with Gasteiger partial charge in [-0.05, 0) is 25.1 Å². The molecule has 1 unspecified atom stereocenters. The van der Waals surface area contributed by atoms with E-state index in [2.05, 4.69) is 5.32 Å². The summed E-state index contributed by atoms with van der Waals surface area (Å²) in [5, 5.41) is 11.9. The van der Waals surface area contributed by atoms with Gasteiger partial charge in [0.25, 0.3) is 5.91 Å². The molecule has 0 fully saturated rings. The molecule has 0 aliphatic heterocycles. The minimum absolute atomic E-state index is 0.154. The largest absolute Gasteiger partial charge is 0.495 e. The molecule has 0 aliphatic carbocycles. The van der Waals surface area contributed by atoms with Gasteiger partial charge < -0.3 is 19.9 Å².